The Hall–Kier alpha value is -0.620. The average Bonchev–Trinajstić information content (AvgIpc) is 3.15. The van der Waals surface area contributed by atoms with Gasteiger partial charge in [-0.05, 0) is 38.8 Å². The molecular weight excluding hydrogens is 262 g/mol. The molecule has 0 aliphatic heterocycles. The predicted molar refractivity (Wildman–Crippen MR) is 77.7 cm³/mol. The number of hydrogen-bond donors (Lipinski definition) is 2. The fraction of sp³-hybridized carbons (Fsp3) is 0.769. The molecule has 0 radical (unpaired) electrons. The van der Waals surface area contributed by atoms with E-state index in [4.69, 9.17) is 17.4 Å². The first-order chi connectivity index (χ1) is 9.04. The largest absolute Gasteiger partial charge is 0.308 e. The van der Waals surface area contributed by atoms with Crippen molar-refractivity contribution in [3.05, 3.63) is 16.9 Å². The standard InChI is InChI=1S/C13H24ClN5/c1-9(10-4-5-10)12(17-15)13-11(14)8-16-19(13)7-6-18(2)3/h8-10,12,17H,4-7,15H2,1-3H3. The fourth-order valence-electron chi connectivity index (χ4n) is 2.53. The molecule has 1 aliphatic rings. The van der Waals surface area contributed by atoms with Crippen LogP contribution in [0, 0.1) is 11.8 Å². The summed E-state index contributed by atoms with van der Waals surface area (Å²) in [5.41, 5.74) is 3.95. The highest BCUT2D eigenvalue weighted by molar-refractivity contribution is 6.31. The Labute approximate surface area is 120 Å². The van der Waals surface area contributed by atoms with Crippen LogP contribution in [0.3, 0.4) is 0 Å². The Morgan fingerprint density at radius 1 is 1.58 bits per heavy atom. The molecule has 6 heteroatoms. The highest BCUT2D eigenvalue weighted by atomic mass is 35.5. The number of nitrogens with zero attached hydrogens (tertiary/aromatic N) is 3. The second-order valence-electron chi connectivity index (χ2n) is 5.75. The molecule has 1 heterocycles. The van der Waals surface area contributed by atoms with Crippen molar-refractivity contribution in [2.75, 3.05) is 20.6 Å². The summed E-state index contributed by atoms with van der Waals surface area (Å²) < 4.78 is 1.98. The minimum Gasteiger partial charge on any atom is -0.308 e. The zero-order valence-electron chi connectivity index (χ0n) is 11.9. The lowest BCUT2D eigenvalue weighted by Gasteiger charge is -2.25. The van der Waals surface area contributed by atoms with Gasteiger partial charge < -0.3 is 4.90 Å². The van der Waals surface area contributed by atoms with Crippen LogP contribution in [0.25, 0.3) is 0 Å². The van der Waals surface area contributed by atoms with Crippen LogP contribution in [0.1, 0.15) is 31.5 Å². The molecule has 108 valence electrons. The van der Waals surface area contributed by atoms with Gasteiger partial charge in [-0.3, -0.25) is 16.0 Å². The lowest BCUT2D eigenvalue weighted by molar-refractivity contribution is 0.318. The van der Waals surface area contributed by atoms with Crippen molar-refractivity contribution >= 4 is 11.6 Å². The second-order valence-corrected chi connectivity index (χ2v) is 6.15. The van der Waals surface area contributed by atoms with Gasteiger partial charge in [0.25, 0.3) is 0 Å². The van der Waals surface area contributed by atoms with Gasteiger partial charge in [0, 0.05) is 6.54 Å². The van der Waals surface area contributed by atoms with Crippen LogP contribution >= 0.6 is 11.6 Å². The van der Waals surface area contributed by atoms with Gasteiger partial charge in [-0.2, -0.15) is 5.10 Å². The number of halogens is 1. The Balaban J connectivity index is 2.17. The highest BCUT2D eigenvalue weighted by Gasteiger charge is 2.36. The van der Waals surface area contributed by atoms with Crippen molar-refractivity contribution in [1.29, 1.82) is 0 Å². The predicted octanol–water partition coefficient (Wildman–Crippen LogP) is 1.65. The summed E-state index contributed by atoms with van der Waals surface area (Å²) >= 11 is 6.31. The molecule has 0 aromatic carbocycles. The zero-order chi connectivity index (χ0) is 14.0. The molecule has 1 aromatic heterocycles. The zero-order valence-corrected chi connectivity index (χ0v) is 12.7. The summed E-state index contributed by atoms with van der Waals surface area (Å²) in [7, 11) is 4.10. The minimum absolute atomic E-state index is 0.0738. The quantitative estimate of drug-likeness (QED) is 0.591. The maximum absolute atomic E-state index is 6.31. The summed E-state index contributed by atoms with van der Waals surface area (Å²) in [6.07, 6.45) is 4.31. The SMILES string of the molecule is CC(C1CC1)C(NN)c1c(Cl)cnn1CCN(C)C. The van der Waals surface area contributed by atoms with E-state index in [-0.39, 0.29) is 6.04 Å². The van der Waals surface area contributed by atoms with E-state index >= 15 is 0 Å². The molecular formula is C13H24ClN5. The van der Waals surface area contributed by atoms with Gasteiger partial charge in [-0.15, -0.1) is 0 Å². The molecule has 1 saturated carbocycles. The summed E-state index contributed by atoms with van der Waals surface area (Å²) in [6.45, 7) is 3.99. The molecule has 1 fully saturated rings. The van der Waals surface area contributed by atoms with Crippen molar-refractivity contribution < 1.29 is 0 Å². The molecule has 0 amide bonds. The lowest BCUT2D eigenvalue weighted by Crippen LogP contribution is -2.35. The van der Waals surface area contributed by atoms with Gasteiger partial charge in [0.2, 0.25) is 0 Å². The molecule has 19 heavy (non-hydrogen) atoms. The Bertz CT molecular complexity index is 413. The van der Waals surface area contributed by atoms with Crippen LogP contribution in [-0.2, 0) is 6.54 Å². The van der Waals surface area contributed by atoms with Crippen LogP contribution < -0.4 is 11.3 Å². The molecule has 1 aliphatic carbocycles. The highest BCUT2D eigenvalue weighted by Crippen LogP contribution is 2.43. The van der Waals surface area contributed by atoms with Crippen LogP contribution in [0.2, 0.25) is 5.02 Å². The van der Waals surface area contributed by atoms with Gasteiger partial charge >= 0.3 is 0 Å². The first-order valence-electron chi connectivity index (χ1n) is 6.86. The van der Waals surface area contributed by atoms with E-state index in [0.29, 0.717) is 10.9 Å². The van der Waals surface area contributed by atoms with E-state index in [1.165, 1.54) is 12.8 Å². The van der Waals surface area contributed by atoms with Gasteiger partial charge in [0.1, 0.15) is 0 Å². The molecule has 2 unspecified atom stereocenters. The molecule has 0 spiro atoms. The van der Waals surface area contributed by atoms with Crippen molar-refractivity contribution in [3.63, 3.8) is 0 Å². The van der Waals surface area contributed by atoms with Crippen LogP contribution in [-0.4, -0.2) is 35.3 Å². The van der Waals surface area contributed by atoms with Crippen molar-refractivity contribution in [1.82, 2.24) is 20.1 Å². The maximum Gasteiger partial charge on any atom is 0.0834 e. The van der Waals surface area contributed by atoms with Crippen LogP contribution in [0.5, 0.6) is 0 Å². The number of rotatable bonds is 7. The first kappa shape index (κ1) is 14.8. The van der Waals surface area contributed by atoms with E-state index in [9.17, 15) is 0 Å². The third kappa shape index (κ3) is 3.48. The number of nitrogens with one attached hydrogen (secondary N) is 1. The third-order valence-corrected chi connectivity index (χ3v) is 4.25. The van der Waals surface area contributed by atoms with E-state index in [1.54, 1.807) is 6.20 Å². The van der Waals surface area contributed by atoms with Crippen LogP contribution in [0.4, 0.5) is 0 Å². The Kier molecular flexibility index (Phi) is 4.84. The molecule has 0 saturated heterocycles. The number of hydrazine groups is 1. The van der Waals surface area contributed by atoms with Gasteiger partial charge in [0.05, 0.1) is 29.5 Å². The molecule has 5 nitrogen and oxygen atoms in total. The monoisotopic (exact) mass is 285 g/mol. The smallest absolute Gasteiger partial charge is 0.0834 e. The third-order valence-electron chi connectivity index (χ3n) is 3.96. The van der Waals surface area contributed by atoms with Crippen molar-refractivity contribution in [2.45, 2.75) is 32.4 Å². The molecule has 1 aromatic rings. The summed E-state index contributed by atoms with van der Waals surface area (Å²) in [6, 6.07) is 0.0738. The van der Waals surface area contributed by atoms with Gasteiger partial charge in [0.15, 0.2) is 0 Å². The van der Waals surface area contributed by atoms with Crippen molar-refractivity contribution in [2.24, 2.45) is 17.7 Å². The number of hydrogen-bond acceptors (Lipinski definition) is 4. The van der Waals surface area contributed by atoms with Crippen molar-refractivity contribution in [3.8, 4) is 0 Å². The van der Waals surface area contributed by atoms with E-state index in [2.05, 4.69) is 36.4 Å². The van der Waals surface area contributed by atoms with E-state index in [1.807, 2.05) is 4.68 Å². The molecule has 3 N–H and O–H groups in total. The minimum atomic E-state index is 0.0738. The average molecular weight is 286 g/mol. The number of likely N-dealkylation sites (N-methyl/N-ethyl adjacent to an activating group) is 1. The topological polar surface area (TPSA) is 59.1 Å². The number of aromatic nitrogens is 2. The second kappa shape index (κ2) is 6.22. The number of nitrogens with two attached hydrogens (primary N) is 1. The first-order valence-corrected chi connectivity index (χ1v) is 7.24. The summed E-state index contributed by atoms with van der Waals surface area (Å²) in [5, 5.41) is 5.08. The Morgan fingerprint density at radius 2 is 2.26 bits per heavy atom. The molecule has 2 atom stereocenters. The maximum atomic E-state index is 6.31. The summed E-state index contributed by atoms with van der Waals surface area (Å²) in [4.78, 5) is 2.13. The molecule has 0 bridgehead atoms. The fourth-order valence-corrected chi connectivity index (χ4v) is 2.79. The normalized spacial score (nSPS) is 18.8. The van der Waals surface area contributed by atoms with Crippen LogP contribution in [0.15, 0.2) is 6.20 Å². The van der Waals surface area contributed by atoms with E-state index < -0.39 is 0 Å². The summed E-state index contributed by atoms with van der Waals surface area (Å²) in [5.74, 6) is 7.01. The van der Waals surface area contributed by atoms with Gasteiger partial charge in [-0.1, -0.05) is 18.5 Å². The van der Waals surface area contributed by atoms with Gasteiger partial charge in [-0.25, -0.2) is 0 Å². The molecule has 2 rings (SSSR count). The van der Waals surface area contributed by atoms with E-state index in [0.717, 1.165) is 24.7 Å². The lowest BCUT2D eigenvalue weighted by atomic mass is 9.94. The Morgan fingerprint density at radius 3 is 2.79 bits per heavy atom.